The third kappa shape index (κ3) is 3.50. The summed E-state index contributed by atoms with van der Waals surface area (Å²) in [6, 6.07) is 12.8. The van der Waals surface area contributed by atoms with E-state index in [-0.39, 0.29) is 35.9 Å². The molecule has 3 aliphatic rings. The van der Waals surface area contributed by atoms with Gasteiger partial charge in [0.15, 0.2) is 11.5 Å². The summed E-state index contributed by atoms with van der Waals surface area (Å²) in [6.07, 6.45) is 1.51. The Labute approximate surface area is 187 Å². The molecule has 2 bridgehead atoms. The van der Waals surface area contributed by atoms with E-state index in [1.807, 2.05) is 32.0 Å². The number of ether oxygens (including phenoxy) is 4. The van der Waals surface area contributed by atoms with E-state index >= 15 is 0 Å². The topological polar surface area (TPSA) is 74.3 Å². The zero-order valence-corrected chi connectivity index (χ0v) is 18.3. The number of rotatable bonds is 8. The highest BCUT2D eigenvalue weighted by Gasteiger charge is 2.62. The monoisotopic (exact) mass is 437 g/mol. The van der Waals surface area contributed by atoms with Crippen molar-refractivity contribution in [1.29, 1.82) is 0 Å². The first-order chi connectivity index (χ1) is 15.6. The van der Waals surface area contributed by atoms with E-state index in [2.05, 4.69) is 0 Å². The molecule has 2 aromatic carbocycles. The predicted octanol–water partition coefficient (Wildman–Crippen LogP) is 3.73. The van der Waals surface area contributed by atoms with Gasteiger partial charge in [0.1, 0.15) is 12.4 Å². The highest BCUT2D eigenvalue weighted by Crippen LogP contribution is 2.49. The van der Waals surface area contributed by atoms with Gasteiger partial charge in [0.25, 0.3) is 0 Å². The highest BCUT2D eigenvalue weighted by molar-refractivity contribution is 6.22. The molecule has 32 heavy (non-hydrogen) atoms. The lowest BCUT2D eigenvalue weighted by Gasteiger charge is -2.18. The lowest BCUT2D eigenvalue weighted by Crippen LogP contribution is -2.34. The second kappa shape index (κ2) is 8.47. The molecule has 4 atom stereocenters. The molecular formula is C25H27NO6. The van der Waals surface area contributed by atoms with E-state index in [4.69, 9.17) is 18.9 Å². The van der Waals surface area contributed by atoms with Crippen LogP contribution in [-0.4, -0.2) is 37.2 Å². The fraction of sp³-hybridized carbons (Fsp3) is 0.440. The Kier molecular flexibility index (Phi) is 5.51. The maximum atomic E-state index is 12.9. The first-order valence-corrected chi connectivity index (χ1v) is 11.2. The van der Waals surface area contributed by atoms with Crippen LogP contribution in [0.2, 0.25) is 0 Å². The minimum atomic E-state index is -0.323. The summed E-state index contributed by atoms with van der Waals surface area (Å²) in [6.45, 7) is 5.35. The second-order valence-corrected chi connectivity index (χ2v) is 8.28. The number of nitrogens with zero attached hydrogens (tertiary/aromatic N) is 1. The summed E-state index contributed by atoms with van der Waals surface area (Å²) in [7, 11) is 0. The van der Waals surface area contributed by atoms with E-state index in [0.717, 1.165) is 18.4 Å². The molecule has 7 heteroatoms. The Morgan fingerprint density at radius 1 is 0.844 bits per heavy atom. The standard InChI is InChI=1S/C25H27NO6/c1-3-29-18-10-5-15(13-21(18)30-4-2)14-31-17-8-6-16(7-9-17)26-24(27)22-19-11-12-20(32-19)23(22)25(26)28/h5-10,13,19-20,22-23H,3-4,11-12,14H2,1-2H3/t19-,20-,22-,23+/m0/s1. The molecule has 0 radical (unpaired) electrons. The van der Waals surface area contributed by atoms with E-state index in [9.17, 15) is 9.59 Å². The smallest absolute Gasteiger partial charge is 0.240 e. The van der Waals surface area contributed by atoms with Crippen LogP contribution >= 0.6 is 0 Å². The van der Waals surface area contributed by atoms with Gasteiger partial charge in [0, 0.05) is 0 Å². The van der Waals surface area contributed by atoms with E-state index in [1.54, 1.807) is 24.3 Å². The van der Waals surface area contributed by atoms with Crippen LogP contribution in [0, 0.1) is 11.8 Å². The number of hydrogen-bond acceptors (Lipinski definition) is 6. The van der Waals surface area contributed by atoms with Gasteiger partial charge in [0.05, 0.1) is 42.9 Å². The van der Waals surface area contributed by atoms with Crippen molar-refractivity contribution in [2.24, 2.45) is 11.8 Å². The van der Waals surface area contributed by atoms with E-state index < -0.39 is 0 Å². The molecule has 168 valence electrons. The van der Waals surface area contributed by atoms with Crippen LogP contribution in [0.5, 0.6) is 17.2 Å². The summed E-state index contributed by atoms with van der Waals surface area (Å²) in [5, 5.41) is 0. The summed E-state index contributed by atoms with van der Waals surface area (Å²) in [5.74, 6) is 1.14. The average Bonchev–Trinajstić information content (AvgIpc) is 3.48. The Bertz CT molecular complexity index is 992. The largest absolute Gasteiger partial charge is 0.490 e. The Morgan fingerprint density at radius 3 is 2.09 bits per heavy atom. The molecule has 0 saturated carbocycles. The fourth-order valence-corrected chi connectivity index (χ4v) is 5.01. The summed E-state index contributed by atoms with van der Waals surface area (Å²) in [4.78, 5) is 27.2. The predicted molar refractivity (Wildman–Crippen MR) is 117 cm³/mol. The highest BCUT2D eigenvalue weighted by atomic mass is 16.5. The quantitative estimate of drug-likeness (QED) is 0.586. The molecule has 0 aromatic heterocycles. The van der Waals surface area contributed by atoms with Crippen molar-refractivity contribution >= 4 is 17.5 Å². The van der Waals surface area contributed by atoms with Crippen LogP contribution in [0.3, 0.4) is 0 Å². The molecule has 0 aliphatic carbocycles. The molecule has 0 spiro atoms. The Morgan fingerprint density at radius 2 is 1.47 bits per heavy atom. The van der Waals surface area contributed by atoms with Crippen LogP contribution < -0.4 is 19.1 Å². The molecule has 3 saturated heterocycles. The lowest BCUT2D eigenvalue weighted by atomic mass is 9.81. The van der Waals surface area contributed by atoms with E-state index in [0.29, 0.717) is 42.8 Å². The molecule has 0 N–H and O–H groups in total. The van der Waals surface area contributed by atoms with E-state index in [1.165, 1.54) is 4.90 Å². The molecule has 0 unspecified atom stereocenters. The minimum absolute atomic E-state index is 0.107. The van der Waals surface area contributed by atoms with Crippen molar-refractivity contribution < 1.29 is 28.5 Å². The van der Waals surface area contributed by atoms with Crippen molar-refractivity contribution in [3.05, 3.63) is 48.0 Å². The number of anilines is 1. The van der Waals surface area contributed by atoms with Crippen LogP contribution in [0.4, 0.5) is 5.69 Å². The maximum absolute atomic E-state index is 12.9. The number of carbonyl (C=O) groups is 2. The molecule has 2 amide bonds. The van der Waals surface area contributed by atoms with Crippen LogP contribution in [0.1, 0.15) is 32.3 Å². The zero-order chi connectivity index (χ0) is 22.2. The SMILES string of the molecule is CCOc1ccc(COc2ccc(N3C(=O)[C@@H]4[C@H](C3=O)[C@@H]3CC[C@@H]4O3)cc2)cc1OCC. The van der Waals surface area contributed by atoms with Gasteiger partial charge in [-0.2, -0.15) is 0 Å². The number of hydrogen-bond donors (Lipinski definition) is 0. The number of amides is 2. The third-order valence-corrected chi connectivity index (χ3v) is 6.39. The normalized spacial score (nSPS) is 25.9. The molecule has 5 rings (SSSR count). The third-order valence-electron chi connectivity index (χ3n) is 6.39. The van der Waals surface area contributed by atoms with Crippen LogP contribution in [0.25, 0.3) is 0 Å². The first-order valence-electron chi connectivity index (χ1n) is 11.2. The van der Waals surface area contributed by atoms with Crippen molar-refractivity contribution in [3.8, 4) is 17.2 Å². The number of carbonyl (C=O) groups excluding carboxylic acids is 2. The van der Waals surface area contributed by atoms with Gasteiger partial charge in [-0.05, 0) is 68.7 Å². The van der Waals surface area contributed by atoms with Gasteiger partial charge < -0.3 is 18.9 Å². The first kappa shape index (κ1) is 20.8. The molecule has 3 fully saturated rings. The van der Waals surface area contributed by atoms with Gasteiger partial charge >= 0.3 is 0 Å². The van der Waals surface area contributed by atoms with Gasteiger partial charge in [-0.1, -0.05) is 6.07 Å². The van der Waals surface area contributed by atoms with Crippen molar-refractivity contribution in [2.45, 2.75) is 45.5 Å². The number of fused-ring (bicyclic) bond motifs is 5. The van der Waals surface area contributed by atoms with Gasteiger partial charge in [0.2, 0.25) is 11.8 Å². The average molecular weight is 437 g/mol. The van der Waals surface area contributed by atoms with Gasteiger partial charge in [-0.15, -0.1) is 0 Å². The van der Waals surface area contributed by atoms with Crippen molar-refractivity contribution in [1.82, 2.24) is 0 Å². The number of imide groups is 1. The summed E-state index contributed by atoms with van der Waals surface area (Å²) >= 11 is 0. The van der Waals surface area contributed by atoms with Crippen LogP contribution in [-0.2, 0) is 20.9 Å². The molecule has 7 nitrogen and oxygen atoms in total. The van der Waals surface area contributed by atoms with Gasteiger partial charge in [-0.3, -0.25) is 9.59 Å². The molecule has 2 aromatic rings. The van der Waals surface area contributed by atoms with Crippen molar-refractivity contribution in [3.63, 3.8) is 0 Å². The molecule has 3 heterocycles. The molecule has 3 aliphatic heterocycles. The van der Waals surface area contributed by atoms with Gasteiger partial charge in [-0.25, -0.2) is 4.90 Å². The Balaban J connectivity index is 1.25. The fourth-order valence-electron chi connectivity index (χ4n) is 5.01. The maximum Gasteiger partial charge on any atom is 0.240 e. The Hall–Kier alpha value is -3.06. The van der Waals surface area contributed by atoms with Crippen molar-refractivity contribution in [2.75, 3.05) is 18.1 Å². The number of benzene rings is 2. The summed E-state index contributed by atoms with van der Waals surface area (Å²) < 4.78 is 23.0. The lowest BCUT2D eigenvalue weighted by molar-refractivity contribution is -0.124. The minimum Gasteiger partial charge on any atom is -0.490 e. The summed E-state index contributed by atoms with van der Waals surface area (Å²) in [5.41, 5.74) is 1.54. The molecular weight excluding hydrogens is 410 g/mol. The van der Waals surface area contributed by atoms with Crippen LogP contribution in [0.15, 0.2) is 42.5 Å². The zero-order valence-electron chi connectivity index (χ0n) is 18.3. The second-order valence-electron chi connectivity index (χ2n) is 8.28.